The van der Waals surface area contributed by atoms with Gasteiger partial charge in [-0.05, 0) is 38.0 Å². The summed E-state index contributed by atoms with van der Waals surface area (Å²) in [6, 6.07) is 5.86. The number of rotatable bonds is 2. The molecular weight excluding hydrogens is 252 g/mol. The standard InChI is InChI=1S/C13H15ClN2S/c1-13(6-2-3-7-13)16-12-15-10-5-4-9(14)8-11(10)17-12/h4-5,8H,2-3,6-7H2,1H3,(H,15,16). The molecule has 1 heterocycles. The van der Waals surface area contributed by atoms with Crippen LogP contribution >= 0.6 is 22.9 Å². The molecule has 90 valence electrons. The predicted octanol–water partition coefficient (Wildman–Crippen LogP) is 4.69. The largest absolute Gasteiger partial charge is 0.356 e. The van der Waals surface area contributed by atoms with Crippen LogP contribution in [0.4, 0.5) is 5.13 Å². The molecule has 0 radical (unpaired) electrons. The highest BCUT2D eigenvalue weighted by molar-refractivity contribution is 7.22. The average Bonchev–Trinajstić information content (AvgIpc) is 2.84. The summed E-state index contributed by atoms with van der Waals surface area (Å²) in [5.41, 5.74) is 1.26. The van der Waals surface area contributed by atoms with Gasteiger partial charge in [0.2, 0.25) is 0 Å². The quantitative estimate of drug-likeness (QED) is 0.853. The lowest BCUT2D eigenvalue weighted by molar-refractivity contribution is 0.533. The Morgan fingerprint density at radius 3 is 2.88 bits per heavy atom. The highest BCUT2D eigenvalue weighted by atomic mass is 35.5. The summed E-state index contributed by atoms with van der Waals surface area (Å²) >= 11 is 7.67. The molecule has 1 N–H and O–H groups in total. The maximum absolute atomic E-state index is 5.98. The van der Waals surface area contributed by atoms with E-state index >= 15 is 0 Å². The van der Waals surface area contributed by atoms with Gasteiger partial charge in [0, 0.05) is 10.6 Å². The van der Waals surface area contributed by atoms with Gasteiger partial charge < -0.3 is 5.32 Å². The van der Waals surface area contributed by atoms with Crippen LogP contribution in [0, 0.1) is 0 Å². The first-order valence-corrected chi connectivity index (χ1v) is 7.18. The summed E-state index contributed by atoms with van der Waals surface area (Å²) in [4.78, 5) is 4.61. The van der Waals surface area contributed by atoms with Gasteiger partial charge in [-0.1, -0.05) is 35.8 Å². The van der Waals surface area contributed by atoms with Gasteiger partial charge in [-0.2, -0.15) is 0 Å². The molecule has 1 aromatic heterocycles. The van der Waals surface area contributed by atoms with E-state index in [-0.39, 0.29) is 5.54 Å². The van der Waals surface area contributed by atoms with E-state index in [4.69, 9.17) is 11.6 Å². The van der Waals surface area contributed by atoms with E-state index in [2.05, 4.69) is 17.2 Å². The minimum absolute atomic E-state index is 0.234. The second kappa shape index (κ2) is 4.14. The van der Waals surface area contributed by atoms with E-state index in [0.29, 0.717) is 0 Å². The van der Waals surface area contributed by atoms with Crippen LogP contribution in [0.5, 0.6) is 0 Å². The average molecular weight is 267 g/mol. The Labute approximate surface area is 110 Å². The van der Waals surface area contributed by atoms with Gasteiger partial charge in [0.05, 0.1) is 10.2 Å². The lowest BCUT2D eigenvalue weighted by atomic mass is 10.0. The Bertz CT molecular complexity index is 543. The first kappa shape index (κ1) is 11.3. The van der Waals surface area contributed by atoms with Gasteiger partial charge in [-0.25, -0.2) is 4.98 Å². The normalized spacial score (nSPS) is 18.7. The molecule has 2 nitrogen and oxygen atoms in total. The lowest BCUT2D eigenvalue weighted by Gasteiger charge is -2.24. The van der Waals surface area contributed by atoms with Gasteiger partial charge in [-0.3, -0.25) is 0 Å². The third-order valence-electron chi connectivity index (χ3n) is 3.47. The van der Waals surface area contributed by atoms with Gasteiger partial charge in [0.1, 0.15) is 0 Å². The molecule has 3 rings (SSSR count). The number of fused-ring (bicyclic) bond motifs is 1. The molecule has 0 aliphatic heterocycles. The fourth-order valence-electron chi connectivity index (χ4n) is 2.49. The summed E-state index contributed by atoms with van der Waals surface area (Å²) in [7, 11) is 0. The Morgan fingerprint density at radius 2 is 2.12 bits per heavy atom. The molecule has 0 amide bonds. The Balaban J connectivity index is 1.90. The molecule has 0 saturated heterocycles. The number of aromatic nitrogens is 1. The van der Waals surface area contributed by atoms with Crippen LogP contribution < -0.4 is 5.32 Å². The van der Waals surface area contributed by atoms with E-state index in [1.807, 2.05) is 18.2 Å². The Morgan fingerprint density at radius 1 is 1.35 bits per heavy atom. The minimum atomic E-state index is 0.234. The van der Waals surface area contributed by atoms with E-state index < -0.39 is 0 Å². The zero-order valence-electron chi connectivity index (χ0n) is 9.79. The van der Waals surface area contributed by atoms with Crippen LogP contribution in [-0.4, -0.2) is 10.5 Å². The van der Waals surface area contributed by atoms with Crippen LogP contribution in [0.1, 0.15) is 32.6 Å². The summed E-state index contributed by atoms with van der Waals surface area (Å²) in [5.74, 6) is 0. The highest BCUT2D eigenvalue weighted by Gasteiger charge is 2.29. The summed E-state index contributed by atoms with van der Waals surface area (Å²) in [5, 5.41) is 5.39. The first-order chi connectivity index (χ1) is 8.15. The number of benzene rings is 1. The molecule has 1 aliphatic carbocycles. The van der Waals surface area contributed by atoms with Crippen molar-refractivity contribution in [2.45, 2.75) is 38.1 Å². The molecule has 1 aromatic carbocycles. The van der Waals surface area contributed by atoms with Crippen molar-refractivity contribution in [3.8, 4) is 0 Å². The van der Waals surface area contributed by atoms with Crippen LogP contribution in [0.25, 0.3) is 10.2 Å². The van der Waals surface area contributed by atoms with Crippen LogP contribution in [0.15, 0.2) is 18.2 Å². The molecule has 0 unspecified atom stereocenters. The first-order valence-electron chi connectivity index (χ1n) is 5.99. The number of thiazole rings is 1. The number of halogens is 1. The van der Waals surface area contributed by atoms with Crippen molar-refractivity contribution >= 4 is 38.3 Å². The monoisotopic (exact) mass is 266 g/mol. The number of nitrogens with zero attached hydrogens (tertiary/aromatic N) is 1. The second-order valence-corrected chi connectivity index (χ2v) is 6.49. The van der Waals surface area contributed by atoms with Crippen LogP contribution in [0.3, 0.4) is 0 Å². The predicted molar refractivity (Wildman–Crippen MR) is 75.1 cm³/mol. The Kier molecular flexibility index (Phi) is 2.75. The Hall–Kier alpha value is -0.800. The molecule has 0 bridgehead atoms. The van der Waals surface area contributed by atoms with E-state index in [1.165, 1.54) is 25.7 Å². The van der Waals surface area contributed by atoms with Crippen molar-refractivity contribution in [3.63, 3.8) is 0 Å². The fraction of sp³-hybridized carbons (Fsp3) is 0.462. The van der Waals surface area contributed by atoms with Gasteiger partial charge in [-0.15, -0.1) is 0 Å². The third-order valence-corrected chi connectivity index (χ3v) is 4.63. The van der Waals surface area contributed by atoms with Crippen molar-refractivity contribution in [3.05, 3.63) is 23.2 Å². The summed E-state index contributed by atoms with van der Waals surface area (Å²) in [6.07, 6.45) is 5.12. The van der Waals surface area contributed by atoms with Crippen molar-refractivity contribution in [1.29, 1.82) is 0 Å². The van der Waals surface area contributed by atoms with Crippen molar-refractivity contribution in [1.82, 2.24) is 4.98 Å². The van der Waals surface area contributed by atoms with Gasteiger partial charge in [0.25, 0.3) is 0 Å². The zero-order valence-corrected chi connectivity index (χ0v) is 11.4. The maximum atomic E-state index is 5.98. The van der Waals surface area contributed by atoms with Gasteiger partial charge >= 0.3 is 0 Å². The fourth-order valence-corrected chi connectivity index (χ4v) is 3.78. The smallest absolute Gasteiger partial charge is 0.184 e. The summed E-state index contributed by atoms with van der Waals surface area (Å²) in [6.45, 7) is 2.29. The highest BCUT2D eigenvalue weighted by Crippen LogP contribution is 2.35. The topological polar surface area (TPSA) is 24.9 Å². The molecule has 1 fully saturated rings. The minimum Gasteiger partial charge on any atom is -0.356 e. The zero-order chi connectivity index (χ0) is 11.9. The second-order valence-electron chi connectivity index (χ2n) is 5.02. The number of anilines is 1. The molecule has 1 saturated carbocycles. The number of hydrogen-bond donors (Lipinski definition) is 1. The van der Waals surface area contributed by atoms with Crippen LogP contribution in [0.2, 0.25) is 5.02 Å². The van der Waals surface area contributed by atoms with Crippen molar-refractivity contribution in [2.75, 3.05) is 5.32 Å². The van der Waals surface area contributed by atoms with Crippen LogP contribution in [-0.2, 0) is 0 Å². The molecule has 17 heavy (non-hydrogen) atoms. The van der Waals surface area contributed by atoms with Gasteiger partial charge in [0.15, 0.2) is 5.13 Å². The lowest BCUT2D eigenvalue weighted by Crippen LogP contribution is -2.30. The van der Waals surface area contributed by atoms with Crippen molar-refractivity contribution < 1.29 is 0 Å². The van der Waals surface area contributed by atoms with Crippen molar-refractivity contribution in [2.24, 2.45) is 0 Å². The molecule has 2 aromatic rings. The SMILES string of the molecule is CC1(Nc2nc3ccc(Cl)cc3s2)CCCC1. The van der Waals surface area contributed by atoms with E-state index in [0.717, 1.165) is 20.4 Å². The maximum Gasteiger partial charge on any atom is 0.184 e. The third kappa shape index (κ3) is 2.26. The molecule has 0 atom stereocenters. The molecular formula is C13H15ClN2S. The number of nitrogens with one attached hydrogen (secondary N) is 1. The molecule has 1 aliphatic rings. The summed E-state index contributed by atoms with van der Waals surface area (Å²) < 4.78 is 1.15. The molecule has 4 heteroatoms. The van der Waals surface area contributed by atoms with E-state index in [1.54, 1.807) is 11.3 Å². The molecule has 0 spiro atoms. The van der Waals surface area contributed by atoms with E-state index in [9.17, 15) is 0 Å². The number of hydrogen-bond acceptors (Lipinski definition) is 3.